The van der Waals surface area contributed by atoms with Gasteiger partial charge < -0.3 is 20.9 Å². The van der Waals surface area contributed by atoms with Gasteiger partial charge in [0.2, 0.25) is 0 Å². The van der Waals surface area contributed by atoms with E-state index in [4.69, 9.17) is 0 Å². The number of likely N-dealkylation sites (tertiary alicyclic amines) is 1. The minimum atomic E-state index is 0. The molecule has 3 rings (SSSR count). The number of hydrogen-bond acceptors (Lipinski definition) is 3. The SMILES string of the molecule is Cl.O=C(NC1CC1)NC1CCN(CC2CCNCC2)C1. The first-order chi connectivity index (χ1) is 9.29. The molecule has 2 saturated heterocycles. The van der Waals surface area contributed by atoms with Crippen molar-refractivity contribution >= 4 is 18.4 Å². The Balaban J connectivity index is 0.00000147. The van der Waals surface area contributed by atoms with Gasteiger partial charge in [-0.15, -0.1) is 12.4 Å². The lowest BCUT2D eigenvalue weighted by atomic mass is 9.98. The molecular formula is C14H27ClN4O. The van der Waals surface area contributed by atoms with Crippen molar-refractivity contribution < 1.29 is 4.79 Å². The van der Waals surface area contributed by atoms with Crippen molar-refractivity contribution in [2.75, 3.05) is 32.7 Å². The van der Waals surface area contributed by atoms with Crippen LogP contribution in [0.1, 0.15) is 32.1 Å². The number of carbonyl (C=O) groups excluding carboxylic acids is 1. The standard InChI is InChI=1S/C14H26N4O.ClH/c19-14(16-12-1-2-12)17-13-5-8-18(10-13)9-11-3-6-15-7-4-11;/h11-13,15H,1-10H2,(H2,16,17,19);1H. The summed E-state index contributed by atoms with van der Waals surface area (Å²) in [5.74, 6) is 0.847. The lowest BCUT2D eigenvalue weighted by molar-refractivity contribution is 0.227. The molecule has 3 fully saturated rings. The maximum atomic E-state index is 11.7. The van der Waals surface area contributed by atoms with E-state index < -0.39 is 0 Å². The van der Waals surface area contributed by atoms with Crippen molar-refractivity contribution in [3.63, 3.8) is 0 Å². The predicted molar refractivity (Wildman–Crippen MR) is 82.4 cm³/mol. The summed E-state index contributed by atoms with van der Waals surface area (Å²) in [6.07, 6.45) is 6.01. The molecule has 0 spiro atoms. The van der Waals surface area contributed by atoms with Gasteiger partial charge >= 0.3 is 6.03 Å². The summed E-state index contributed by atoms with van der Waals surface area (Å²) in [5.41, 5.74) is 0. The summed E-state index contributed by atoms with van der Waals surface area (Å²) < 4.78 is 0. The number of carbonyl (C=O) groups is 1. The van der Waals surface area contributed by atoms with E-state index in [0.29, 0.717) is 12.1 Å². The number of amides is 2. The first-order valence-corrected chi connectivity index (χ1v) is 7.80. The van der Waals surface area contributed by atoms with Crippen molar-refractivity contribution in [1.29, 1.82) is 0 Å². The third-order valence-corrected chi connectivity index (χ3v) is 4.50. The molecule has 0 bridgehead atoms. The maximum Gasteiger partial charge on any atom is 0.315 e. The van der Waals surface area contributed by atoms with Crippen LogP contribution in [-0.2, 0) is 0 Å². The summed E-state index contributed by atoms with van der Waals surface area (Å²) in [7, 11) is 0. The number of hydrogen-bond donors (Lipinski definition) is 3. The molecule has 5 nitrogen and oxygen atoms in total. The molecule has 0 aromatic heterocycles. The highest BCUT2D eigenvalue weighted by Gasteiger charge is 2.28. The van der Waals surface area contributed by atoms with Crippen molar-refractivity contribution in [2.45, 2.75) is 44.2 Å². The second-order valence-electron chi connectivity index (χ2n) is 6.33. The van der Waals surface area contributed by atoms with Crippen LogP contribution < -0.4 is 16.0 Å². The molecular weight excluding hydrogens is 276 g/mol. The number of nitrogens with one attached hydrogen (secondary N) is 3. The monoisotopic (exact) mass is 302 g/mol. The second kappa shape index (κ2) is 7.48. The summed E-state index contributed by atoms with van der Waals surface area (Å²) in [6, 6.07) is 0.837. The summed E-state index contributed by atoms with van der Waals surface area (Å²) >= 11 is 0. The molecule has 6 heteroatoms. The Labute approximate surface area is 127 Å². The topological polar surface area (TPSA) is 56.4 Å². The molecule has 3 N–H and O–H groups in total. The molecule has 2 amide bonds. The lowest BCUT2D eigenvalue weighted by Gasteiger charge is -2.27. The van der Waals surface area contributed by atoms with Crippen molar-refractivity contribution in [3.8, 4) is 0 Å². The molecule has 1 unspecified atom stereocenters. The minimum Gasteiger partial charge on any atom is -0.335 e. The predicted octanol–water partition coefficient (Wildman–Crippen LogP) is 0.944. The minimum absolute atomic E-state index is 0. The van der Waals surface area contributed by atoms with E-state index in [1.807, 2.05) is 0 Å². The Morgan fingerprint density at radius 2 is 1.75 bits per heavy atom. The Morgan fingerprint density at radius 1 is 1.05 bits per heavy atom. The fourth-order valence-electron chi connectivity index (χ4n) is 3.19. The second-order valence-corrected chi connectivity index (χ2v) is 6.33. The molecule has 0 aromatic rings. The Morgan fingerprint density at radius 3 is 2.45 bits per heavy atom. The fourth-order valence-corrected chi connectivity index (χ4v) is 3.19. The summed E-state index contributed by atoms with van der Waals surface area (Å²) in [4.78, 5) is 14.2. The van der Waals surface area contributed by atoms with Crippen LogP contribution in [-0.4, -0.2) is 55.7 Å². The molecule has 1 atom stereocenters. The third kappa shape index (κ3) is 4.79. The Kier molecular flexibility index (Phi) is 5.93. The zero-order valence-corrected chi connectivity index (χ0v) is 12.9. The van der Waals surface area contributed by atoms with Gasteiger partial charge in [0, 0.05) is 31.7 Å². The first kappa shape index (κ1) is 15.9. The highest BCUT2D eigenvalue weighted by atomic mass is 35.5. The maximum absolute atomic E-state index is 11.7. The van der Waals surface area contributed by atoms with E-state index in [-0.39, 0.29) is 18.4 Å². The fraction of sp³-hybridized carbons (Fsp3) is 0.929. The van der Waals surface area contributed by atoms with Crippen LogP contribution in [0.25, 0.3) is 0 Å². The zero-order valence-electron chi connectivity index (χ0n) is 12.1. The smallest absolute Gasteiger partial charge is 0.315 e. The number of nitrogens with zero attached hydrogens (tertiary/aromatic N) is 1. The van der Waals surface area contributed by atoms with Crippen LogP contribution in [0.4, 0.5) is 4.79 Å². The quantitative estimate of drug-likeness (QED) is 0.724. The van der Waals surface area contributed by atoms with Gasteiger partial charge in [-0.25, -0.2) is 4.79 Å². The molecule has 1 aliphatic carbocycles. The number of piperidine rings is 1. The van der Waals surface area contributed by atoms with Crippen LogP contribution in [0.15, 0.2) is 0 Å². The van der Waals surface area contributed by atoms with Crippen LogP contribution in [0.3, 0.4) is 0 Å². The van der Waals surface area contributed by atoms with Gasteiger partial charge in [-0.1, -0.05) is 0 Å². The molecule has 116 valence electrons. The molecule has 1 saturated carbocycles. The largest absolute Gasteiger partial charge is 0.335 e. The first-order valence-electron chi connectivity index (χ1n) is 7.80. The van der Waals surface area contributed by atoms with E-state index in [0.717, 1.165) is 38.3 Å². The van der Waals surface area contributed by atoms with E-state index in [9.17, 15) is 4.79 Å². The lowest BCUT2D eigenvalue weighted by Crippen LogP contribution is -2.44. The van der Waals surface area contributed by atoms with Gasteiger partial charge in [-0.05, 0) is 51.1 Å². The molecule has 2 heterocycles. The highest BCUT2D eigenvalue weighted by molar-refractivity contribution is 5.85. The third-order valence-electron chi connectivity index (χ3n) is 4.50. The van der Waals surface area contributed by atoms with E-state index in [1.165, 1.54) is 32.5 Å². The van der Waals surface area contributed by atoms with Crippen LogP contribution in [0, 0.1) is 5.92 Å². The number of halogens is 1. The Hall–Kier alpha value is -0.520. The van der Waals surface area contributed by atoms with Gasteiger partial charge in [-0.2, -0.15) is 0 Å². The highest BCUT2D eigenvalue weighted by Crippen LogP contribution is 2.19. The Bertz CT molecular complexity index is 318. The molecule has 3 aliphatic rings. The number of urea groups is 1. The van der Waals surface area contributed by atoms with Gasteiger partial charge in [0.05, 0.1) is 0 Å². The zero-order chi connectivity index (χ0) is 13.1. The molecule has 0 radical (unpaired) electrons. The number of rotatable bonds is 4. The van der Waals surface area contributed by atoms with E-state index >= 15 is 0 Å². The van der Waals surface area contributed by atoms with Crippen LogP contribution in [0.2, 0.25) is 0 Å². The van der Waals surface area contributed by atoms with Crippen molar-refractivity contribution in [3.05, 3.63) is 0 Å². The average molecular weight is 303 g/mol. The summed E-state index contributed by atoms with van der Waals surface area (Å²) in [5, 5.41) is 9.53. The van der Waals surface area contributed by atoms with E-state index in [2.05, 4.69) is 20.9 Å². The molecule has 0 aromatic carbocycles. The van der Waals surface area contributed by atoms with Crippen LogP contribution >= 0.6 is 12.4 Å². The summed E-state index contributed by atoms with van der Waals surface area (Å²) in [6.45, 7) is 5.72. The van der Waals surface area contributed by atoms with Crippen molar-refractivity contribution in [1.82, 2.24) is 20.9 Å². The molecule has 20 heavy (non-hydrogen) atoms. The van der Waals surface area contributed by atoms with Crippen LogP contribution in [0.5, 0.6) is 0 Å². The van der Waals surface area contributed by atoms with Gasteiger partial charge in [0.15, 0.2) is 0 Å². The van der Waals surface area contributed by atoms with Gasteiger partial charge in [-0.3, -0.25) is 0 Å². The van der Waals surface area contributed by atoms with E-state index in [1.54, 1.807) is 0 Å². The molecule has 2 aliphatic heterocycles. The van der Waals surface area contributed by atoms with Gasteiger partial charge in [0.1, 0.15) is 0 Å². The van der Waals surface area contributed by atoms with Crippen molar-refractivity contribution in [2.24, 2.45) is 5.92 Å². The van der Waals surface area contributed by atoms with Gasteiger partial charge in [0.25, 0.3) is 0 Å². The average Bonchev–Trinajstić information content (AvgIpc) is 3.11. The normalized spacial score (nSPS) is 27.9.